The van der Waals surface area contributed by atoms with Gasteiger partial charge in [-0.15, -0.1) is 0 Å². The highest BCUT2D eigenvalue weighted by Gasteiger charge is 2.39. The molecule has 1 aromatic carbocycles. The van der Waals surface area contributed by atoms with Gasteiger partial charge in [0.2, 0.25) is 0 Å². The topological polar surface area (TPSA) is 54.4 Å². The summed E-state index contributed by atoms with van der Waals surface area (Å²) in [5.41, 5.74) is -0.389. The molecule has 16 heavy (non-hydrogen) atoms. The van der Waals surface area contributed by atoms with Gasteiger partial charge in [0.05, 0.1) is 4.90 Å². The summed E-state index contributed by atoms with van der Waals surface area (Å²) in [4.78, 5) is -0.0920. The van der Waals surface area contributed by atoms with Gasteiger partial charge in [-0.25, -0.2) is 8.42 Å². The van der Waals surface area contributed by atoms with E-state index in [0.29, 0.717) is 0 Å². The third-order valence-corrected chi connectivity index (χ3v) is 3.06. The van der Waals surface area contributed by atoms with Gasteiger partial charge in [0.1, 0.15) is 0 Å². The second-order valence-corrected chi connectivity index (χ2v) is 5.30. The summed E-state index contributed by atoms with van der Waals surface area (Å²) in [7, 11) is -3.44. The van der Waals surface area contributed by atoms with Gasteiger partial charge in [-0.2, -0.15) is 13.2 Å². The predicted octanol–water partition coefficient (Wildman–Crippen LogP) is 1.69. The summed E-state index contributed by atoms with van der Waals surface area (Å²) >= 11 is 0. The Morgan fingerprint density at radius 2 is 1.62 bits per heavy atom. The Hall–Kier alpha value is -1.08. The maximum Gasteiger partial charge on any atom is 0.418 e. The Balaban J connectivity index is 3.05. The van der Waals surface area contributed by atoms with Crippen LogP contribution >= 0.6 is 0 Å². The molecule has 0 aliphatic carbocycles. The van der Waals surface area contributed by atoms with Crippen LogP contribution in [0.25, 0.3) is 0 Å². The van der Waals surface area contributed by atoms with Crippen molar-refractivity contribution in [3.8, 4) is 0 Å². The molecule has 0 radical (unpaired) electrons. The molecule has 0 unspecified atom stereocenters. The fourth-order valence-electron chi connectivity index (χ4n) is 1.09. The van der Waals surface area contributed by atoms with Crippen molar-refractivity contribution in [3.05, 3.63) is 29.8 Å². The number of halogens is 3. The summed E-state index contributed by atoms with van der Waals surface area (Å²) in [5, 5.41) is 8.88. The van der Waals surface area contributed by atoms with E-state index in [1.54, 1.807) is 0 Å². The van der Waals surface area contributed by atoms with Gasteiger partial charge in [0.25, 0.3) is 0 Å². The predicted molar refractivity (Wildman–Crippen MR) is 50.6 cm³/mol. The van der Waals surface area contributed by atoms with Crippen LogP contribution in [-0.4, -0.2) is 26.0 Å². The lowest BCUT2D eigenvalue weighted by Gasteiger charge is -2.14. The number of alkyl halides is 3. The molecule has 0 fully saturated rings. The molecule has 1 aromatic rings. The average Bonchev–Trinajstić information content (AvgIpc) is 2.14. The van der Waals surface area contributed by atoms with E-state index in [0.717, 1.165) is 30.5 Å². The first kappa shape index (κ1) is 13.0. The summed E-state index contributed by atoms with van der Waals surface area (Å²) in [5.74, 6) is 0. The molecule has 1 atom stereocenters. The smallest absolute Gasteiger partial charge is 0.379 e. The lowest BCUT2D eigenvalue weighted by Crippen LogP contribution is -2.20. The van der Waals surface area contributed by atoms with Crippen LogP contribution in [0.5, 0.6) is 0 Å². The fourth-order valence-corrected chi connectivity index (χ4v) is 1.72. The minimum Gasteiger partial charge on any atom is -0.379 e. The minimum absolute atomic E-state index is 0.0920. The zero-order chi connectivity index (χ0) is 12.6. The first-order valence-corrected chi connectivity index (χ1v) is 6.06. The van der Waals surface area contributed by atoms with Crippen molar-refractivity contribution in [2.45, 2.75) is 17.2 Å². The Morgan fingerprint density at radius 3 is 1.94 bits per heavy atom. The van der Waals surface area contributed by atoms with Crippen molar-refractivity contribution in [2.24, 2.45) is 0 Å². The monoisotopic (exact) mass is 254 g/mol. The number of aliphatic hydroxyl groups excluding tert-OH is 1. The van der Waals surface area contributed by atoms with Gasteiger partial charge in [-0.3, -0.25) is 0 Å². The van der Waals surface area contributed by atoms with E-state index in [9.17, 15) is 21.6 Å². The van der Waals surface area contributed by atoms with Crippen molar-refractivity contribution in [3.63, 3.8) is 0 Å². The molecule has 0 saturated carbocycles. The van der Waals surface area contributed by atoms with E-state index in [1.165, 1.54) is 0 Å². The molecular formula is C9H9F3O3S. The first-order valence-electron chi connectivity index (χ1n) is 4.17. The van der Waals surface area contributed by atoms with E-state index in [1.807, 2.05) is 0 Å². The van der Waals surface area contributed by atoms with Crippen LogP contribution in [-0.2, 0) is 9.84 Å². The van der Waals surface area contributed by atoms with Crippen LogP contribution in [0.1, 0.15) is 11.7 Å². The normalized spacial score (nSPS) is 14.8. The van der Waals surface area contributed by atoms with E-state index < -0.39 is 22.1 Å². The molecule has 0 aliphatic heterocycles. The molecule has 0 spiro atoms. The second kappa shape index (κ2) is 4.06. The number of hydrogen-bond acceptors (Lipinski definition) is 3. The Morgan fingerprint density at radius 1 is 1.19 bits per heavy atom. The molecule has 0 bridgehead atoms. The van der Waals surface area contributed by atoms with Gasteiger partial charge in [0.15, 0.2) is 15.9 Å². The zero-order valence-electron chi connectivity index (χ0n) is 8.19. The highest BCUT2D eigenvalue weighted by molar-refractivity contribution is 7.90. The highest BCUT2D eigenvalue weighted by atomic mass is 32.2. The van der Waals surface area contributed by atoms with Crippen molar-refractivity contribution < 1.29 is 26.7 Å². The van der Waals surface area contributed by atoms with E-state index >= 15 is 0 Å². The van der Waals surface area contributed by atoms with Crippen LogP contribution in [0.3, 0.4) is 0 Å². The zero-order valence-corrected chi connectivity index (χ0v) is 9.01. The standard InChI is InChI=1S/C9H9F3O3S/c1-16(14,15)7-4-2-6(3-5-7)8(13)9(10,11)12/h2-5,8,13H,1H3/t8-/m0/s1. The number of rotatable bonds is 2. The molecule has 90 valence electrons. The average molecular weight is 254 g/mol. The van der Waals surface area contributed by atoms with Gasteiger partial charge in [0, 0.05) is 6.26 Å². The molecule has 1 rings (SSSR count). The quantitative estimate of drug-likeness (QED) is 0.873. The number of benzene rings is 1. The van der Waals surface area contributed by atoms with E-state index in [-0.39, 0.29) is 10.5 Å². The lowest BCUT2D eigenvalue weighted by molar-refractivity contribution is -0.206. The Bertz CT molecular complexity index is 462. The number of sulfone groups is 1. The summed E-state index contributed by atoms with van der Waals surface area (Å²) < 4.78 is 58.4. The Kier molecular flexibility index (Phi) is 3.30. The maximum atomic E-state index is 12.1. The van der Waals surface area contributed by atoms with Crippen molar-refractivity contribution in [2.75, 3.05) is 6.26 Å². The SMILES string of the molecule is CS(=O)(=O)c1ccc([C@H](O)C(F)(F)F)cc1. The van der Waals surface area contributed by atoms with Crippen LogP contribution in [0, 0.1) is 0 Å². The van der Waals surface area contributed by atoms with Gasteiger partial charge < -0.3 is 5.11 Å². The van der Waals surface area contributed by atoms with Crippen molar-refractivity contribution in [1.82, 2.24) is 0 Å². The van der Waals surface area contributed by atoms with Crippen LogP contribution in [0.4, 0.5) is 13.2 Å². The molecule has 1 N–H and O–H groups in total. The molecular weight excluding hydrogens is 245 g/mol. The first-order chi connectivity index (χ1) is 7.12. The number of hydrogen-bond donors (Lipinski definition) is 1. The van der Waals surface area contributed by atoms with E-state index in [2.05, 4.69) is 0 Å². The van der Waals surface area contributed by atoms with Crippen molar-refractivity contribution >= 4 is 9.84 Å². The molecule has 0 aliphatic rings. The molecule has 0 amide bonds. The molecule has 7 heteroatoms. The highest BCUT2D eigenvalue weighted by Crippen LogP contribution is 2.32. The maximum absolute atomic E-state index is 12.1. The van der Waals surface area contributed by atoms with E-state index in [4.69, 9.17) is 5.11 Å². The minimum atomic E-state index is -4.76. The third-order valence-electron chi connectivity index (χ3n) is 1.93. The fraction of sp³-hybridized carbons (Fsp3) is 0.333. The van der Waals surface area contributed by atoms with Crippen molar-refractivity contribution in [1.29, 1.82) is 0 Å². The molecule has 0 aromatic heterocycles. The second-order valence-electron chi connectivity index (χ2n) is 3.29. The lowest BCUT2D eigenvalue weighted by atomic mass is 10.1. The Labute approximate surface area is 90.4 Å². The largest absolute Gasteiger partial charge is 0.418 e. The van der Waals surface area contributed by atoms with Crippen LogP contribution in [0.15, 0.2) is 29.2 Å². The molecule has 3 nitrogen and oxygen atoms in total. The molecule has 0 saturated heterocycles. The molecule has 0 heterocycles. The summed E-state index contributed by atoms with van der Waals surface area (Å²) in [6.07, 6.45) is -6.41. The third kappa shape index (κ3) is 2.96. The summed E-state index contributed by atoms with van der Waals surface area (Å²) in [6, 6.07) is 3.93. The van der Waals surface area contributed by atoms with Crippen LogP contribution in [0.2, 0.25) is 0 Å². The van der Waals surface area contributed by atoms with Crippen LogP contribution < -0.4 is 0 Å². The van der Waals surface area contributed by atoms with Gasteiger partial charge in [-0.05, 0) is 17.7 Å². The summed E-state index contributed by atoms with van der Waals surface area (Å²) in [6.45, 7) is 0. The van der Waals surface area contributed by atoms with Gasteiger partial charge >= 0.3 is 6.18 Å². The van der Waals surface area contributed by atoms with Gasteiger partial charge in [-0.1, -0.05) is 12.1 Å². The number of aliphatic hydroxyl groups is 1.